The topological polar surface area (TPSA) is 69.6 Å². The van der Waals surface area contributed by atoms with E-state index in [1.165, 1.54) is 25.3 Å². The summed E-state index contributed by atoms with van der Waals surface area (Å²) in [5, 5.41) is 11.9. The normalized spacial score (nSPS) is 17.5. The predicted octanol–water partition coefficient (Wildman–Crippen LogP) is 2.22. The quantitative estimate of drug-likeness (QED) is 0.614. The Morgan fingerprint density at radius 3 is 2.28 bits per heavy atom. The summed E-state index contributed by atoms with van der Waals surface area (Å²) in [5.74, 6) is -0.667. The van der Waals surface area contributed by atoms with E-state index in [-0.39, 0.29) is 21.5 Å². The number of nitrogens with one attached hydrogen (secondary N) is 1. The molecule has 3 amide bonds. The second-order valence-corrected chi connectivity index (χ2v) is 4.50. The van der Waals surface area contributed by atoms with Crippen LogP contribution in [0.3, 0.4) is 0 Å². The van der Waals surface area contributed by atoms with Crippen LogP contribution >= 0.6 is 23.2 Å². The van der Waals surface area contributed by atoms with Crippen molar-refractivity contribution in [1.82, 2.24) is 10.2 Å². The first-order chi connectivity index (χ1) is 8.40. The maximum absolute atomic E-state index is 11.6. The van der Waals surface area contributed by atoms with E-state index in [0.29, 0.717) is 5.56 Å². The number of imide groups is 1. The third-order valence-electron chi connectivity index (χ3n) is 2.43. The monoisotopic (exact) mass is 286 g/mol. The van der Waals surface area contributed by atoms with Crippen LogP contribution in [0.15, 0.2) is 17.8 Å². The van der Waals surface area contributed by atoms with Gasteiger partial charge < -0.3 is 10.4 Å². The molecule has 5 nitrogen and oxygen atoms in total. The molecule has 1 aliphatic rings. The Balaban J connectivity index is 2.40. The number of rotatable bonds is 1. The van der Waals surface area contributed by atoms with Gasteiger partial charge in [-0.25, -0.2) is 4.79 Å². The number of nitrogens with zero attached hydrogens (tertiary/aromatic N) is 1. The van der Waals surface area contributed by atoms with Gasteiger partial charge in [-0.1, -0.05) is 23.2 Å². The second kappa shape index (κ2) is 4.51. The average molecular weight is 287 g/mol. The van der Waals surface area contributed by atoms with Crippen molar-refractivity contribution >= 4 is 41.2 Å². The summed E-state index contributed by atoms with van der Waals surface area (Å²) < 4.78 is 0. The highest BCUT2D eigenvalue weighted by atomic mass is 35.5. The molecule has 1 saturated heterocycles. The summed E-state index contributed by atoms with van der Waals surface area (Å²) in [7, 11) is 1.37. The van der Waals surface area contributed by atoms with Crippen molar-refractivity contribution < 1.29 is 14.7 Å². The molecule has 1 aromatic carbocycles. The van der Waals surface area contributed by atoms with Crippen LogP contribution in [0.5, 0.6) is 5.75 Å². The van der Waals surface area contributed by atoms with Crippen LogP contribution in [0.4, 0.5) is 4.79 Å². The summed E-state index contributed by atoms with van der Waals surface area (Å²) in [4.78, 5) is 23.8. The Morgan fingerprint density at radius 1 is 1.28 bits per heavy atom. The van der Waals surface area contributed by atoms with Crippen LogP contribution in [0, 0.1) is 0 Å². The molecule has 1 aliphatic heterocycles. The van der Waals surface area contributed by atoms with E-state index in [4.69, 9.17) is 23.2 Å². The van der Waals surface area contributed by atoms with Gasteiger partial charge in [0.05, 0.1) is 10.0 Å². The Hall–Kier alpha value is -1.72. The van der Waals surface area contributed by atoms with E-state index < -0.39 is 11.9 Å². The molecule has 0 radical (unpaired) electrons. The summed E-state index contributed by atoms with van der Waals surface area (Å²) in [6.45, 7) is 0. The number of amides is 3. The standard InChI is InChI=1S/C11H8Cl2N2O3/c1-15-10(17)8(14-11(15)18)4-5-2-6(12)9(16)7(13)3-5/h2-4,16H,1H3,(H,14,18)/b8-4+. The lowest BCUT2D eigenvalue weighted by atomic mass is 10.2. The van der Waals surface area contributed by atoms with Crippen molar-refractivity contribution in [2.45, 2.75) is 0 Å². The molecular weight excluding hydrogens is 279 g/mol. The third-order valence-corrected chi connectivity index (χ3v) is 3.01. The highest BCUT2D eigenvalue weighted by Gasteiger charge is 2.29. The lowest BCUT2D eigenvalue weighted by Crippen LogP contribution is -2.25. The molecule has 94 valence electrons. The number of urea groups is 1. The fourth-order valence-electron chi connectivity index (χ4n) is 1.46. The van der Waals surface area contributed by atoms with Gasteiger partial charge in [0, 0.05) is 7.05 Å². The van der Waals surface area contributed by atoms with E-state index >= 15 is 0 Å². The zero-order valence-corrected chi connectivity index (χ0v) is 10.7. The number of hydrogen-bond acceptors (Lipinski definition) is 3. The number of phenols is 1. The summed E-state index contributed by atoms with van der Waals surface area (Å²) in [6.07, 6.45) is 1.43. The van der Waals surface area contributed by atoms with Gasteiger partial charge in [0.15, 0.2) is 5.75 Å². The highest BCUT2D eigenvalue weighted by molar-refractivity contribution is 6.37. The molecule has 0 saturated carbocycles. The van der Waals surface area contributed by atoms with Crippen LogP contribution in [0.1, 0.15) is 5.56 Å². The van der Waals surface area contributed by atoms with Crippen molar-refractivity contribution in [3.63, 3.8) is 0 Å². The maximum atomic E-state index is 11.6. The van der Waals surface area contributed by atoms with Gasteiger partial charge in [0.25, 0.3) is 5.91 Å². The van der Waals surface area contributed by atoms with E-state index in [1.54, 1.807) is 0 Å². The van der Waals surface area contributed by atoms with Gasteiger partial charge in [0.1, 0.15) is 5.70 Å². The van der Waals surface area contributed by atoms with E-state index in [9.17, 15) is 14.7 Å². The maximum Gasteiger partial charge on any atom is 0.328 e. The Morgan fingerprint density at radius 2 is 1.83 bits per heavy atom. The van der Waals surface area contributed by atoms with Gasteiger partial charge in [-0.3, -0.25) is 9.69 Å². The minimum Gasteiger partial charge on any atom is -0.505 e. The first-order valence-corrected chi connectivity index (χ1v) is 5.64. The van der Waals surface area contributed by atoms with Crippen LogP contribution in [0.25, 0.3) is 6.08 Å². The summed E-state index contributed by atoms with van der Waals surface area (Å²) in [5.41, 5.74) is 0.627. The lowest BCUT2D eigenvalue weighted by molar-refractivity contribution is -0.121. The van der Waals surface area contributed by atoms with Gasteiger partial charge in [-0.2, -0.15) is 0 Å². The number of carbonyl (C=O) groups excluding carboxylic acids is 2. The van der Waals surface area contributed by atoms with E-state index in [2.05, 4.69) is 5.32 Å². The molecule has 0 spiro atoms. The number of phenolic OH excluding ortho intramolecular Hbond substituents is 1. The third kappa shape index (κ3) is 2.14. The van der Waals surface area contributed by atoms with Crippen molar-refractivity contribution in [2.75, 3.05) is 7.05 Å². The lowest BCUT2D eigenvalue weighted by Gasteiger charge is -2.02. The number of likely N-dealkylation sites (N-methyl/N-ethyl adjacent to an activating group) is 1. The number of carbonyl (C=O) groups is 2. The number of aromatic hydroxyl groups is 1. The first kappa shape index (κ1) is 12.7. The minimum absolute atomic E-state index is 0.0690. The Kier molecular flexibility index (Phi) is 3.19. The molecular formula is C11H8Cl2N2O3. The highest BCUT2D eigenvalue weighted by Crippen LogP contribution is 2.33. The minimum atomic E-state index is -0.498. The number of benzene rings is 1. The van der Waals surface area contributed by atoms with Crippen LogP contribution in [-0.2, 0) is 4.79 Å². The number of halogens is 2. The molecule has 2 N–H and O–H groups in total. The van der Waals surface area contributed by atoms with Gasteiger partial charge in [0.2, 0.25) is 0 Å². The first-order valence-electron chi connectivity index (χ1n) is 4.89. The Labute approximate surface area is 113 Å². The molecule has 0 unspecified atom stereocenters. The van der Waals surface area contributed by atoms with E-state index in [1.807, 2.05) is 0 Å². The van der Waals surface area contributed by atoms with Crippen LogP contribution in [0.2, 0.25) is 10.0 Å². The molecule has 2 rings (SSSR count). The predicted molar refractivity (Wildman–Crippen MR) is 67.4 cm³/mol. The molecule has 1 heterocycles. The van der Waals surface area contributed by atoms with Crippen LogP contribution in [-0.4, -0.2) is 29.0 Å². The second-order valence-electron chi connectivity index (χ2n) is 3.69. The average Bonchev–Trinajstić information content (AvgIpc) is 2.54. The van der Waals surface area contributed by atoms with Crippen molar-refractivity contribution in [2.24, 2.45) is 0 Å². The smallest absolute Gasteiger partial charge is 0.328 e. The SMILES string of the molecule is CN1C(=O)N/C(=C/c2cc(Cl)c(O)c(Cl)c2)C1=O. The zero-order chi connectivity index (χ0) is 13.4. The van der Waals surface area contributed by atoms with Crippen molar-refractivity contribution in [1.29, 1.82) is 0 Å². The molecule has 0 bridgehead atoms. The van der Waals surface area contributed by atoms with Gasteiger partial charge in [-0.05, 0) is 23.8 Å². The van der Waals surface area contributed by atoms with Crippen molar-refractivity contribution in [3.05, 3.63) is 33.4 Å². The summed E-state index contributed by atoms with van der Waals surface area (Å²) >= 11 is 11.5. The molecule has 0 aromatic heterocycles. The van der Waals surface area contributed by atoms with E-state index in [0.717, 1.165) is 4.90 Å². The molecule has 1 aromatic rings. The fourth-order valence-corrected chi connectivity index (χ4v) is 1.96. The largest absolute Gasteiger partial charge is 0.505 e. The molecule has 7 heteroatoms. The van der Waals surface area contributed by atoms with Crippen molar-refractivity contribution in [3.8, 4) is 5.75 Å². The molecule has 1 fully saturated rings. The number of hydrogen-bond donors (Lipinski definition) is 2. The van der Waals surface area contributed by atoms with Gasteiger partial charge >= 0.3 is 6.03 Å². The molecule has 0 atom stereocenters. The molecule has 18 heavy (non-hydrogen) atoms. The fraction of sp³-hybridized carbons (Fsp3) is 0.0909. The zero-order valence-electron chi connectivity index (χ0n) is 9.20. The molecule has 0 aliphatic carbocycles. The van der Waals surface area contributed by atoms with Crippen LogP contribution < -0.4 is 5.32 Å². The Bertz CT molecular complexity index is 561. The van der Waals surface area contributed by atoms with Gasteiger partial charge in [-0.15, -0.1) is 0 Å². The summed E-state index contributed by atoms with van der Waals surface area (Å²) in [6, 6.07) is 2.38.